The van der Waals surface area contributed by atoms with E-state index in [-0.39, 0.29) is 30.3 Å². The number of nitrogens with two attached hydrogens (primary N) is 1. The number of allylic oxidation sites excluding steroid dienone is 5. The summed E-state index contributed by atoms with van der Waals surface area (Å²) in [5.74, 6) is -0.511. The first-order chi connectivity index (χ1) is 18.9. The van der Waals surface area contributed by atoms with Gasteiger partial charge in [0, 0.05) is 49.8 Å². The van der Waals surface area contributed by atoms with E-state index in [2.05, 4.69) is 11.6 Å². The fraction of sp³-hybridized carbons (Fsp3) is 0.406. The number of amides is 1. The van der Waals surface area contributed by atoms with E-state index in [1.165, 1.54) is 12.2 Å². The molecular formula is C32H43FN4O3. The topological polar surface area (TPSA) is 99.2 Å². The van der Waals surface area contributed by atoms with Crippen molar-refractivity contribution >= 4 is 29.7 Å². The van der Waals surface area contributed by atoms with Crippen LogP contribution in [-0.4, -0.2) is 71.8 Å². The SMILES string of the molecule is C=C1/C=C(/C(=O)N(CCC)CCC)C/C(N)=N\C/C=C(c2ccc(C=O)c(/C=C\N(C)CC(C)(C)O)c2)\C=C/1F. The summed E-state index contributed by atoms with van der Waals surface area (Å²) >= 11 is 0. The number of hydrogen-bond donors (Lipinski definition) is 2. The number of nitrogens with zero attached hydrogens (tertiary/aromatic N) is 3. The summed E-state index contributed by atoms with van der Waals surface area (Å²) in [6.45, 7) is 13.1. The highest BCUT2D eigenvalue weighted by Gasteiger charge is 2.20. The molecule has 8 heteroatoms. The summed E-state index contributed by atoms with van der Waals surface area (Å²) in [6.07, 6.45) is 10.6. The van der Waals surface area contributed by atoms with Crippen LogP contribution in [0.2, 0.25) is 0 Å². The molecule has 1 amide bonds. The maximum Gasteiger partial charge on any atom is 0.250 e. The van der Waals surface area contributed by atoms with E-state index in [1.54, 1.807) is 55.3 Å². The molecule has 0 unspecified atom stereocenters. The van der Waals surface area contributed by atoms with Crippen molar-refractivity contribution < 1.29 is 19.1 Å². The maximum absolute atomic E-state index is 15.5. The summed E-state index contributed by atoms with van der Waals surface area (Å²) in [5, 5.41) is 10.1. The molecule has 0 aliphatic carbocycles. The molecule has 3 N–H and O–H groups in total. The number of aldehydes is 1. The molecule has 1 heterocycles. The van der Waals surface area contributed by atoms with Crippen molar-refractivity contribution in [3.05, 3.63) is 82.9 Å². The van der Waals surface area contributed by atoms with E-state index in [0.717, 1.165) is 19.1 Å². The summed E-state index contributed by atoms with van der Waals surface area (Å²) in [4.78, 5) is 33.0. The van der Waals surface area contributed by atoms with Gasteiger partial charge >= 0.3 is 0 Å². The quantitative estimate of drug-likeness (QED) is 0.364. The van der Waals surface area contributed by atoms with E-state index >= 15 is 4.39 Å². The zero-order chi connectivity index (χ0) is 29.9. The lowest BCUT2D eigenvalue weighted by molar-refractivity contribution is -0.127. The van der Waals surface area contributed by atoms with Gasteiger partial charge in [0.2, 0.25) is 5.91 Å². The number of rotatable bonds is 11. The maximum atomic E-state index is 15.5. The van der Waals surface area contributed by atoms with E-state index in [9.17, 15) is 14.7 Å². The van der Waals surface area contributed by atoms with Crippen molar-refractivity contribution in [3.63, 3.8) is 0 Å². The predicted molar refractivity (Wildman–Crippen MR) is 162 cm³/mol. The van der Waals surface area contributed by atoms with Gasteiger partial charge in [-0.3, -0.25) is 14.6 Å². The molecule has 216 valence electrons. The van der Waals surface area contributed by atoms with Gasteiger partial charge in [0.1, 0.15) is 5.83 Å². The molecule has 7 nitrogen and oxygen atoms in total. The Morgan fingerprint density at radius 3 is 2.48 bits per heavy atom. The molecule has 0 bridgehead atoms. The van der Waals surface area contributed by atoms with Gasteiger partial charge in [-0.1, -0.05) is 38.6 Å². The summed E-state index contributed by atoms with van der Waals surface area (Å²) in [7, 11) is 1.83. The molecular weight excluding hydrogens is 507 g/mol. The van der Waals surface area contributed by atoms with E-state index in [4.69, 9.17) is 5.73 Å². The number of carbonyl (C=O) groups is 2. The van der Waals surface area contributed by atoms with Crippen LogP contribution < -0.4 is 5.73 Å². The Labute approximate surface area is 238 Å². The fourth-order valence-corrected chi connectivity index (χ4v) is 4.40. The van der Waals surface area contributed by atoms with Crippen LogP contribution in [0.4, 0.5) is 4.39 Å². The average Bonchev–Trinajstić information content (AvgIpc) is 2.91. The molecule has 0 radical (unpaired) electrons. The monoisotopic (exact) mass is 550 g/mol. The van der Waals surface area contributed by atoms with E-state index in [1.807, 2.05) is 25.8 Å². The third kappa shape index (κ3) is 10.1. The number of halogens is 1. The van der Waals surface area contributed by atoms with Crippen molar-refractivity contribution in [1.29, 1.82) is 0 Å². The lowest BCUT2D eigenvalue weighted by Crippen LogP contribution is -2.34. The lowest BCUT2D eigenvalue weighted by Gasteiger charge is -2.24. The minimum absolute atomic E-state index is 0.0646. The Hall–Kier alpha value is -3.78. The van der Waals surface area contributed by atoms with Crippen LogP contribution in [0.3, 0.4) is 0 Å². The molecule has 1 aromatic rings. The molecule has 1 aliphatic heterocycles. The Bertz CT molecular complexity index is 1230. The normalized spacial score (nSPS) is 20.2. The average molecular weight is 551 g/mol. The van der Waals surface area contributed by atoms with Gasteiger partial charge < -0.3 is 20.6 Å². The third-order valence-corrected chi connectivity index (χ3v) is 6.16. The van der Waals surface area contributed by atoms with E-state index in [0.29, 0.717) is 47.5 Å². The molecule has 1 aliphatic rings. The van der Waals surface area contributed by atoms with Gasteiger partial charge in [-0.25, -0.2) is 4.39 Å². The lowest BCUT2D eigenvalue weighted by atomic mass is 9.97. The van der Waals surface area contributed by atoms with Crippen LogP contribution >= 0.6 is 0 Å². The number of aliphatic hydroxyl groups is 1. The number of hydrogen-bond acceptors (Lipinski definition) is 6. The van der Waals surface area contributed by atoms with Gasteiger partial charge in [0.15, 0.2) is 6.29 Å². The Morgan fingerprint density at radius 1 is 1.20 bits per heavy atom. The van der Waals surface area contributed by atoms with Crippen molar-refractivity contribution in [2.75, 3.05) is 33.2 Å². The molecule has 0 spiro atoms. The minimum Gasteiger partial charge on any atom is -0.389 e. The second kappa shape index (κ2) is 15.1. The van der Waals surface area contributed by atoms with Crippen molar-refractivity contribution in [3.8, 4) is 0 Å². The first-order valence-electron chi connectivity index (χ1n) is 13.6. The summed E-state index contributed by atoms with van der Waals surface area (Å²) < 4.78 is 15.5. The minimum atomic E-state index is -0.885. The summed E-state index contributed by atoms with van der Waals surface area (Å²) in [5.41, 5.74) is 8.03. The second-order valence-corrected chi connectivity index (χ2v) is 10.7. The molecule has 1 aromatic carbocycles. The number of amidine groups is 1. The number of carbonyl (C=O) groups excluding carboxylic acids is 2. The highest BCUT2D eigenvalue weighted by Crippen LogP contribution is 2.26. The van der Waals surface area contributed by atoms with Gasteiger partial charge in [0.25, 0.3) is 0 Å². The zero-order valence-corrected chi connectivity index (χ0v) is 24.4. The largest absolute Gasteiger partial charge is 0.389 e. The van der Waals surface area contributed by atoms with Crippen LogP contribution in [0.15, 0.2) is 71.2 Å². The molecule has 40 heavy (non-hydrogen) atoms. The smallest absolute Gasteiger partial charge is 0.250 e. The molecule has 0 saturated heterocycles. The molecule has 0 atom stereocenters. The van der Waals surface area contributed by atoms with Gasteiger partial charge in [-0.2, -0.15) is 0 Å². The number of benzene rings is 1. The number of aliphatic imine (C=N–C) groups is 1. The zero-order valence-electron chi connectivity index (χ0n) is 24.4. The fourth-order valence-electron chi connectivity index (χ4n) is 4.40. The predicted octanol–water partition coefficient (Wildman–Crippen LogP) is 5.30. The van der Waals surface area contributed by atoms with Crippen LogP contribution in [0.5, 0.6) is 0 Å². The molecule has 0 fully saturated rings. The Kier molecular flexibility index (Phi) is 12.3. The van der Waals surface area contributed by atoms with E-state index < -0.39 is 11.4 Å². The highest BCUT2D eigenvalue weighted by molar-refractivity contribution is 6.00. The molecule has 0 saturated carbocycles. The van der Waals surface area contributed by atoms with Crippen molar-refractivity contribution in [2.24, 2.45) is 10.7 Å². The van der Waals surface area contributed by atoms with Crippen molar-refractivity contribution in [2.45, 2.75) is 52.6 Å². The second-order valence-electron chi connectivity index (χ2n) is 10.7. The Morgan fingerprint density at radius 2 is 1.88 bits per heavy atom. The van der Waals surface area contributed by atoms with Crippen LogP contribution in [0, 0.1) is 0 Å². The van der Waals surface area contributed by atoms with Gasteiger partial charge in [-0.05, 0) is 73.9 Å². The van der Waals surface area contributed by atoms with Gasteiger partial charge in [0.05, 0.1) is 18.0 Å². The molecule has 2 rings (SSSR count). The van der Waals surface area contributed by atoms with Gasteiger partial charge in [-0.15, -0.1) is 0 Å². The Balaban J connectivity index is 2.49. The first kappa shape index (κ1) is 32.4. The van der Waals surface area contributed by atoms with Crippen LogP contribution in [-0.2, 0) is 4.79 Å². The van der Waals surface area contributed by atoms with Crippen LogP contribution in [0.25, 0.3) is 11.6 Å². The first-order valence-corrected chi connectivity index (χ1v) is 13.6. The number of likely N-dealkylation sites (N-methyl/N-ethyl adjacent to an activating group) is 1. The summed E-state index contributed by atoms with van der Waals surface area (Å²) in [6, 6.07) is 5.21. The highest BCUT2D eigenvalue weighted by atomic mass is 19.1. The third-order valence-electron chi connectivity index (χ3n) is 6.16. The molecule has 0 aromatic heterocycles. The standard InChI is InChI=1S/C32H43FN4O3/c1-7-14-37(15-8-2)31(39)28-17-23(3)29(33)19-25(11-13-35-30(34)20-28)24-9-10-27(21-38)26(18-24)12-16-36(6)22-32(4,5)40/h9-12,16-19,21,40H,3,7-8,13-15,20,22H2,1-2,4-6H3,(H2,34,35)/b16-12-,25-11+,28-17+,29-19+. The van der Waals surface area contributed by atoms with Crippen molar-refractivity contribution in [1.82, 2.24) is 9.80 Å². The van der Waals surface area contributed by atoms with Crippen LogP contribution in [0.1, 0.15) is 68.4 Å².